The molecule has 1 amide bonds. The molecule has 1 aromatic rings. The fourth-order valence-electron chi connectivity index (χ4n) is 2.75. The molecule has 1 aromatic carbocycles. The summed E-state index contributed by atoms with van der Waals surface area (Å²) in [5.41, 5.74) is 0.0918. The van der Waals surface area contributed by atoms with Gasteiger partial charge < -0.3 is 9.80 Å². The van der Waals surface area contributed by atoms with Gasteiger partial charge in [0.2, 0.25) is 5.91 Å². The molecule has 3 nitrogen and oxygen atoms in total. The molecule has 0 N–H and O–H groups in total. The second kappa shape index (κ2) is 5.00. The van der Waals surface area contributed by atoms with Crippen molar-refractivity contribution in [1.29, 1.82) is 0 Å². The molecule has 6 heteroatoms. The maximum atomic E-state index is 13.9. The van der Waals surface area contributed by atoms with Gasteiger partial charge >= 0.3 is 0 Å². The first kappa shape index (κ1) is 13.3. The maximum absolute atomic E-state index is 13.9. The van der Waals surface area contributed by atoms with Gasteiger partial charge in [0, 0.05) is 31.3 Å². The van der Waals surface area contributed by atoms with Gasteiger partial charge in [-0.2, -0.15) is 0 Å². The van der Waals surface area contributed by atoms with Crippen LogP contribution < -0.4 is 4.90 Å². The van der Waals surface area contributed by atoms with Crippen LogP contribution >= 0.6 is 0 Å². The number of likely N-dealkylation sites (tertiary alicyclic amines) is 1. The Bertz CT molecular complexity index is 558. The third-order valence-electron chi connectivity index (χ3n) is 3.95. The van der Waals surface area contributed by atoms with Crippen molar-refractivity contribution in [3.8, 4) is 0 Å². The van der Waals surface area contributed by atoms with Crippen LogP contribution in [0.2, 0.25) is 0 Å². The van der Waals surface area contributed by atoms with Crippen LogP contribution in [0.3, 0.4) is 0 Å². The van der Waals surface area contributed by atoms with Crippen molar-refractivity contribution < 1.29 is 18.0 Å². The van der Waals surface area contributed by atoms with Crippen LogP contribution in [-0.2, 0) is 11.2 Å². The number of amides is 1. The van der Waals surface area contributed by atoms with Gasteiger partial charge in [-0.15, -0.1) is 0 Å². The van der Waals surface area contributed by atoms with Gasteiger partial charge in [0.15, 0.2) is 11.6 Å². The van der Waals surface area contributed by atoms with E-state index < -0.39 is 17.5 Å². The minimum Gasteiger partial charge on any atom is -0.360 e. The van der Waals surface area contributed by atoms with Crippen molar-refractivity contribution in [1.82, 2.24) is 4.90 Å². The second-order valence-corrected chi connectivity index (χ2v) is 5.24. The molecule has 0 radical (unpaired) electrons. The van der Waals surface area contributed by atoms with Crippen LogP contribution in [0.1, 0.15) is 18.4 Å². The van der Waals surface area contributed by atoms with E-state index in [4.69, 9.17) is 0 Å². The van der Waals surface area contributed by atoms with Crippen molar-refractivity contribution in [2.75, 3.05) is 31.1 Å². The zero-order valence-electron chi connectivity index (χ0n) is 11.0. The predicted octanol–water partition coefficient (Wildman–Crippen LogP) is 2.09. The fraction of sp³-hybridized carbons (Fsp3) is 0.500. The summed E-state index contributed by atoms with van der Waals surface area (Å²) in [4.78, 5) is 15.2. The van der Waals surface area contributed by atoms with Crippen LogP contribution in [0.4, 0.5) is 18.9 Å². The first-order valence-corrected chi connectivity index (χ1v) is 6.77. The number of hydrogen-bond donors (Lipinski definition) is 0. The van der Waals surface area contributed by atoms with Gasteiger partial charge in [-0.25, -0.2) is 13.2 Å². The van der Waals surface area contributed by atoms with Gasteiger partial charge in [-0.05, 0) is 19.3 Å². The zero-order valence-corrected chi connectivity index (χ0v) is 11.0. The maximum Gasteiger partial charge on any atom is 0.242 e. The minimum absolute atomic E-state index is 0.0228. The summed E-state index contributed by atoms with van der Waals surface area (Å²) in [5.74, 6) is -3.05. The highest BCUT2D eigenvalue weighted by Gasteiger charge is 2.29. The average molecular weight is 284 g/mol. The summed E-state index contributed by atoms with van der Waals surface area (Å²) in [6.07, 6.45) is 1.86. The van der Waals surface area contributed by atoms with Crippen molar-refractivity contribution in [3.05, 3.63) is 29.1 Å². The summed E-state index contributed by atoms with van der Waals surface area (Å²) in [6, 6.07) is 0.556. The Hall–Kier alpha value is -1.72. The van der Waals surface area contributed by atoms with Gasteiger partial charge in [-0.1, -0.05) is 0 Å². The molecular weight excluding hydrogens is 269 g/mol. The van der Waals surface area contributed by atoms with E-state index in [1.54, 1.807) is 4.90 Å². The average Bonchev–Trinajstić information content (AvgIpc) is 2.33. The Balaban J connectivity index is 1.89. The summed E-state index contributed by atoms with van der Waals surface area (Å²) < 4.78 is 40.9. The normalized spacial score (nSPS) is 17.8. The number of carbonyl (C=O) groups is 1. The number of carbonyl (C=O) groups excluding carboxylic acids is 1. The predicted molar refractivity (Wildman–Crippen MR) is 68.0 cm³/mol. The first-order valence-electron chi connectivity index (χ1n) is 6.77. The molecule has 0 aliphatic carbocycles. The molecule has 3 rings (SSSR count). The van der Waals surface area contributed by atoms with Gasteiger partial charge in [0.05, 0.1) is 12.2 Å². The number of nitrogens with zero attached hydrogens (tertiary/aromatic N) is 2. The lowest BCUT2D eigenvalue weighted by Crippen LogP contribution is -2.48. The molecule has 1 fully saturated rings. The van der Waals surface area contributed by atoms with Gasteiger partial charge in [-0.3, -0.25) is 4.79 Å². The Labute approximate surface area is 115 Å². The topological polar surface area (TPSA) is 23.6 Å². The second-order valence-electron chi connectivity index (χ2n) is 5.24. The van der Waals surface area contributed by atoms with E-state index in [1.165, 1.54) is 4.90 Å². The Kier molecular flexibility index (Phi) is 3.31. The molecule has 20 heavy (non-hydrogen) atoms. The third-order valence-corrected chi connectivity index (χ3v) is 3.95. The zero-order chi connectivity index (χ0) is 14.3. The number of benzene rings is 1. The fourth-order valence-corrected chi connectivity index (χ4v) is 2.75. The minimum atomic E-state index is -1.17. The van der Waals surface area contributed by atoms with E-state index in [-0.39, 0.29) is 23.7 Å². The SMILES string of the molecule is O=C(CN1CCCc2c(F)c(F)cc(F)c21)N1CCC1. The number of anilines is 1. The number of halogens is 3. The summed E-state index contributed by atoms with van der Waals surface area (Å²) >= 11 is 0. The largest absolute Gasteiger partial charge is 0.360 e. The Morgan fingerprint density at radius 1 is 1.10 bits per heavy atom. The number of fused-ring (bicyclic) bond motifs is 1. The number of rotatable bonds is 2. The summed E-state index contributed by atoms with van der Waals surface area (Å²) in [5, 5.41) is 0. The van der Waals surface area contributed by atoms with Crippen molar-refractivity contribution in [3.63, 3.8) is 0 Å². The monoisotopic (exact) mass is 284 g/mol. The van der Waals surface area contributed by atoms with Crippen LogP contribution in [-0.4, -0.2) is 37.0 Å². The van der Waals surface area contributed by atoms with Crippen LogP contribution in [0.15, 0.2) is 6.07 Å². The van der Waals surface area contributed by atoms with Crippen molar-refractivity contribution in [2.45, 2.75) is 19.3 Å². The summed E-state index contributed by atoms with van der Waals surface area (Å²) in [6.45, 7) is 1.95. The van der Waals surface area contributed by atoms with Crippen LogP contribution in [0.25, 0.3) is 0 Å². The molecule has 2 heterocycles. The van der Waals surface area contributed by atoms with Crippen LogP contribution in [0.5, 0.6) is 0 Å². The van der Waals surface area contributed by atoms with E-state index in [0.29, 0.717) is 25.5 Å². The highest BCUT2D eigenvalue weighted by molar-refractivity contribution is 5.82. The molecule has 0 saturated carbocycles. The molecule has 0 unspecified atom stereocenters. The van der Waals surface area contributed by atoms with Gasteiger partial charge in [0.1, 0.15) is 5.82 Å². The Morgan fingerprint density at radius 2 is 1.85 bits per heavy atom. The molecule has 2 aliphatic heterocycles. The van der Waals surface area contributed by atoms with E-state index in [9.17, 15) is 18.0 Å². The Morgan fingerprint density at radius 3 is 2.50 bits per heavy atom. The van der Waals surface area contributed by atoms with Crippen molar-refractivity contribution >= 4 is 11.6 Å². The summed E-state index contributed by atoms with van der Waals surface area (Å²) in [7, 11) is 0. The highest BCUT2D eigenvalue weighted by atomic mass is 19.2. The van der Waals surface area contributed by atoms with E-state index in [1.807, 2.05) is 0 Å². The third kappa shape index (κ3) is 2.13. The highest BCUT2D eigenvalue weighted by Crippen LogP contribution is 2.33. The molecule has 0 bridgehead atoms. The van der Waals surface area contributed by atoms with E-state index in [0.717, 1.165) is 19.5 Å². The molecular formula is C14H15F3N2O. The lowest BCUT2D eigenvalue weighted by molar-refractivity contribution is -0.133. The van der Waals surface area contributed by atoms with Crippen LogP contribution in [0, 0.1) is 17.5 Å². The number of hydrogen-bond acceptors (Lipinski definition) is 2. The molecule has 0 atom stereocenters. The van der Waals surface area contributed by atoms with Gasteiger partial charge in [0.25, 0.3) is 0 Å². The molecule has 108 valence electrons. The molecule has 1 saturated heterocycles. The standard InChI is InChI=1S/C14H15F3N2O/c15-10-7-11(16)14-9(13(10)17)3-1-4-19(14)8-12(20)18-5-2-6-18/h7H,1-6,8H2. The van der Waals surface area contributed by atoms with E-state index >= 15 is 0 Å². The smallest absolute Gasteiger partial charge is 0.242 e. The molecule has 2 aliphatic rings. The first-order chi connectivity index (χ1) is 9.58. The lowest BCUT2D eigenvalue weighted by atomic mass is 10.00. The lowest BCUT2D eigenvalue weighted by Gasteiger charge is -2.36. The van der Waals surface area contributed by atoms with E-state index in [2.05, 4.69) is 0 Å². The van der Waals surface area contributed by atoms with Crippen molar-refractivity contribution in [2.24, 2.45) is 0 Å². The molecule has 0 aromatic heterocycles. The molecule has 0 spiro atoms. The quantitative estimate of drug-likeness (QED) is 0.776.